The van der Waals surface area contributed by atoms with E-state index in [1.807, 2.05) is 24.3 Å². The molecule has 4 rings (SSSR count). The van der Waals surface area contributed by atoms with Crippen LogP contribution in [0, 0.1) is 6.92 Å². The molecule has 0 radical (unpaired) electrons. The van der Waals surface area contributed by atoms with E-state index < -0.39 is 0 Å². The van der Waals surface area contributed by atoms with E-state index in [2.05, 4.69) is 64.3 Å². The molecule has 0 fully saturated rings. The molecule has 4 aromatic rings. The average molecular weight is 426 g/mol. The molecule has 28 heavy (non-hydrogen) atoms. The van der Waals surface area contributed by atoms with Gasteiger partial charge in [0.15, 0.2) is 11.0 Å². The smallest absolute Gasteiger partial charge is 0.191 e. The summed E-state index contributed by atoms with van der Waals surface area (Å²) < 4.78 is 2.19. The van der Waals surface area contributed by atoms with Crippen LogP contribution in [0.1, 0.15) is 17.4 Å². The van der Waals surface area contributed by atoms with Gasteiger partial charge in [0.05, 0.1) is 0 Å². The summed E-state index contributed by atoms with van der Waals surface area (Å²) in [6.07, 6.45) is 0. The Morgan fingerprint density at radius 3 is 2.54 bits per heavy atom. The van der Waals surface area contributed by atoms with E-state index in [0.717, 1.165) is 39.4 Å². The van der Waals surface area contributed by atoms with Crippen molar-refractivity contribution in [1.82, 2.24) is 14.8 Å². The zero-order valence-corrected chi connectivity index (χ0v) is 18.1. The van der Waals surface area contributed by atoms with Crippen molar-refractivity contribution in [1.29, 1.82) is 0 Å². The van der Waals surface area contributed by atoms with Crippen LogP contribution in [0.3, 0.4) is 0 Å². The molecule has 142 valence electrons. The molecule has 0 unspecified atom stereocenters. The van der Waals surface area contributed by atoms with Crippen molar-refractivity contribution in [3.05, 3.63) is 75.4 Å². The van der Waals surface area contributed by atoms with Gasteiger partial charge in [-0.15, -0.1) is 21.5 Å². The zero-order valence-electron chi connectivity index (χ0n) is 15.7. The number of halogens is 1. The third kappa shape index (κ3) is 3.75. The Morgan fingerprint density at radius 1 is 1.04 bits per heavy atom. The Bertz CT molecular complexity index is 1090. The lowest BCUT2D eigenvalue weighted by Gasteiger charge is -2.09. The lowest BCUT2D eigenvalue weighted by Crippen LogP contribution is -2.00. The van der Waals surface area contributed by atoms with Gasteiger partial charge in [-0.2, -0.15) is 0 Å². The van der Waals surface area contributed by atoms with E-state index in [1.54, 1.807) is 23.1 Å². The molecule has 0 bridgehead atoms. The van der Waals surface area contributed by atoms with E-state index in [9.17, 15) is 0 Å². The fourth-order valence-electron chi connectivity index (χ4n) is 3.22. The SMILES string of the molecule is CCn1c(SCc2ccccc2Cl)nnc1-c1csc(C)c1-c1ccccc1. The molecular formula is C22H20ClN3S2. The monoisotopic (exact) mass is 425 g/mol. The van der Waals surface area contributed by atoms with Crippen LogP contribution in [0.2, 0.25) is 5.02 Å². The number of thioether (sulfide) groups is 1. The van der Waals surface area contributed by atoms with Crippen molar-refractivity contribution in [2.45, 2.75) is 31.3 Å². The van der Waals surface area contributed by atoms with E-state index >= 15 is 0 Å². The average Bonchev–Trinajstić information content (AvgIpc) is 3.30. The van der Waals surface area contributed by atoms with Gasteiger partial charge in [0.1, 0.15) is 0 Å². The van der Waals surface area contributed by atoms with Crippen LogP contribution in [0.4, 0.5) is 0 Å². The minimum absolute atomic E-state index is 0.770. The van der Waals surface area contributed by atoms with Crippen LogP contribution in [-0.2, 0) is 12.3 Å². The van der Waals surface area contributed by atoms with E-state index in [1.165, 1.54) is 16.0 Å². The molecule has 0 saturated carbocycles. The molecule has 6 heteroatoms. The standard InChI is InChI=1S/C22H20ClN3S2/c1-3-26-21(18-14-27-15(2)20(18)16-9-5-4-6-10-16)24-25-22(26)28-13-17-11-7-8-12-19(17)23/h4-12,14H,3,13H2,1-2H3. The van der Waals surface area contributed by atoms with E-state index in [0.29, 0.717) is 0 Å². The maximum absolute atomic E-state index is 6.30. The molecule has 0 spiro atoms. The van der Waals surface area contributed by atoms with Gasteiger partial charge in [-0.3, -0.25) is 0 Å². The molecule has 0 saturated heterocycles. The van der Waals surface area contributed by atoms with Crippen molar-refractivity contribution in [2.75, 3.05) is 0 Å². The molecule has 0 aliphatic rings. The van der Waals surface area contributed by atoms with Gasteiger partial charge in [0.2, 0.25) is 0 Å². The number of hydrogen-bond acceptors (Lipinski definition) is 4. The maximum Gasteiger partial charge on any atom is 0.191 e. The van der Waals surface area contributed by atoms with Crippen LogP contribution >= 0.6 is 34.7 Å². The molecular weight excluding hydrogens is 406 g/mol. The summed E-state index contributed by atoms with van der Waals surface area (Å²) >= 11 is 9.73. The summed E-state index contributed by atoms with van der Waals surface area (Å²) in [4.78, 5) is 1.29. The second-order valence-corrected chi connectivity index (χ2v) is 8.81. The number of aromatic nitrogens is 3. The molecule has 0 aliphatic heterocycles. The van der Waals surface area contributed by atoms with Crippen molar-refractivity contribution >= 4 is 34.7 Å². The predicted molar refractivity (Wildman–Crippen MR) is 120 cm³/mol. The molecule has 0 N–H and O–H groups in total. The quantitative estimate of drug-likeness (QED) is 0.313. The van der Waals surface area contributed by atoms with Gasteiger partial charge >= 0.3 is 0 Å². The summed E-state index contributed by atoms with van der Waals surface area (Å²) in [6.45, 7) is 5.11. The first kappa shape index (κ1) is 19.2. The molecule has 2 heterocycles. The second-order valence-electron chi connectivity index (χ2n) is 6.38. The summed E-state index contributed by atoms with van der Waals surface area (Å²) in [5.74, 6) is 1.69. The first-order chi connectivity index (χ1) is 13.7. The van der Waals surface area contributed by atoms with Crippen LogP contribution in [0.25, 0.3) is 22.5 Å². The van der Waals surface area contributed by atoms with E-state index in [4.69, 9.17) is 11.6 Å². The van der Waals surface area contributed by atoms with Crippen LogP contribution < -0.4 is 0 Å². The van der Waals surface area contributed by atoms with Crippen molar-refractivity contribution in [3.8, 4) is 22.5 Å². The summed E-state index contributed by atoms with van der Waals surface area (Å²) in [6, 6.07) is 18.4. The largest absolute Gasteiger partial charge is 0.302 e. The lowest BCUT2D eigenvalue weighted by molar-refractivity contribution is 0.687. The Balaban J connectivity index is 1.69. The Hall–Kier alpha value is -2.08. The highest BCUT2D eigenvalue weighted by molar-refractivity contribution is 7.98. The van der Waals surface area contributed by atoms with Gasteiger partial charge < -0.3 is 4.57 Å². The van der Waals surface area contributed by atoms with Crippen molar-refractivity contribution in [3.63, 3.8) is 0 Å². The first-order valence-electron chi connectivity index (χ1n) is 9.12. The normalized spacial score (nSPS) is 11.1. The highest BCUT2D eigenvalue weighted by atomic mass is 35.5. The summed E-state index contributed by atoms with van der Waals surface area (Å²) in [7, 11) is 0. The Labute approximate surface area is 178 Å². The van der Waals surface area contributed by atoms with E-state index in [-0.39, 0.29) is 0 Å². The maximum atomic E-state index is 6.30. The topological polar surface area (TPSA) is 30.7 Å². The zero-order chi connectivity index (χ0) is 19.5. The highest BCUT2D eigenvalue weighted by Gasteiger charge is 2.20. The predicted octanol–water partition coefficient (Wildman–Crippen LogP) is 6.95. The molecule has 0 aliphatic carbocycles. The molecule has 0 atom stereocenters. The molecule has 2 aromatic carbocycles. The lowest BCUT2D eigenvalue weighted by atomic mass is 10.0. The highest BCUT2D eigenvalue weighted by Crippen LogP contribution is 2.39. The fraction of sp³-hybridized carbons (Fsp3) is 0.182. The number of rotatable bonds is 6. The number of thiophene rings is 1. The minimum Gasteiger partial charge on any atom is -0.302 e. The minimum atomic E-state index is 0.770. The molecule has 2 aromatic heterocycles. The number of hydrogen-bond donors (Lipinski definition) is 0. The van der Waals surface area contributed by atoms with Gasteiger partial charge in [-0.1, -0.05) is 71.9 Å². The summed E-state index contributed by atoms with van der Waals surface area (Å²) in [5.41, 5.74) is 4.72. The van der Waals surface area contributed by atoms with Gasteiger partial charge in [0, 0.05) is 38.7 Å². The van der Waals surface area contributed by atoms with Gasteiger partial charge in [-0.05, 0) is 31.0 Å². The molecule has 3 nitrogen and oxygen atoms in total. The summed E-state index contributed by atoms with van der Waals surface area (Å²) in [5, 5.41) is 12.9. The number of benzene rings is 2. The Kier molecular flexibility index (Phi) is 5.85. The third-order valence-corrected chi connectivity index (χ3v) is 6.92. The van der Waals surface area contributed by atoms with Crippen LogP contribution in [0.15, 0.2) is 65.1 Å². The third-order valence-electron chi connectivity index (χ3n) is 4.63. The first-order valence-corrected chi connectivity index (χ1v) is 11.4. The van der Waals surface area contributed by atoms with Crippen LogP contribution in [-0.4, -0.2) is 14.8 Å². The Morgan fingerprint density at radius 2 is 1.79 bits per heavy atom. The van der Waals surface area contributed by atoms with Gasteiger partial charge in [0.25, 0.3) is 0 Å². The van der Waals surface area contributed by atoms with Crippen LogP contribution in [0.5, 0.6) is 0 Å². The molecule has 0 amide bonds. The number of aryl methyl sites for hydroxylation is 1. The fourth-order valence-corrected chi connectivity index (χ4v) is 5.37. The van der Waals surface area contributed by atoms with Crippen molar-refractivity contribution in [2.24, 2.45) is 0 Å². The second kappa shape index (κ2) is 8.52. The van der Waals surface area contributed by atoms with Gasteiger partial charge in [-0.25, -0.2) is 0 Å². The van der Waals surface area contributed by atoms with Crippen molar-refractivity contribution < 1.29 is 0 Å². The number of nitrogens with zero attached hydrogens (tertiary/aromatic N) is 3.